The number of phenols is 2. The molecule has 1 heterocycles. The summed E-state index contributed by atoms with van der Waals surface area (Å²) in [4.78, 5) is 1.12. The molecule has 0 radical (unpaired) electrons. The van der Waals surface area contributed by atoms with Gasteiger partial charge in [-0.15, -0.1) is 0 Å². The molecule has 0 saturated carbocycles. The molecule has 0 amide bonds. The number of aliphatic hydroxyl groups is 1. The molecular weight excluding hydrogens is 462 g/mol. The number of aliphatic hydroxyl groups excluding tert-OH is 1. The molecule has 180 valence electrons. The van der Waals surface area contributed by atoms with Crippen molar-refractivity contribution in [1.29, 1.82) is 0 Å². The summed E-state index contributed by atoms with van der Waals surface area (Å²) in [6, 6.07) is 18.5. The minimum absolute atomic E-state index is 0.0566. The lowest BCUT2D eigenvalue weighted by molar-refractivity contribution is 0.00416. The van der Waals surface area contributed by atoms with Crippen LogP contribution >= 0.6 is 12.2 Å². The van der Waals surface area contributed by atoms with Crippen LogP contribution in [-0.2, 0) is 4.74 Å². The van der Waals surface area contributed by atoms with Crippen LogP contribution in [0.4, 0.5) is 14.5 Å². The van der Waals surface area contributed by atoms with Crippen LogP contribution in [0, 0.1) is 12.7 Å². The number of nitrogens with two attached hydrogens (primary N) is 1. The molecule has 6 nitrogen and oxygen atoms in total. The Labute approximate surface area is 201 Å². The van der Waals surface area contributed by atoms with Gasteiger partial charge in [0.1, 0.15) is 17.3 Å². The number of ether oxygens (including phenoxy) is 1. The molecular formula is C25H26F2N2O4S. The second kappa shape index (κ2) is 10.8. The number of thiocarbonyl (C=S) groups is 1. The van der Waals surface area contributed by atoms with Crippen molar-refractivity contribution in [2.45, 2.75) is 37.9 Å². The van der Waals surface area contributed by atoms with Crippen molar-refractivity contribution < 1.29 is 28.8 Å². The van der Waals surface area contributed by atoms with E-state index in [2.05, 4.69) is 0 Å². The van der Waals surface area contributed by atoms with Gasteiger partial charge in [0.2, 0.25) is 12.0 Å². The largest absolute Gasteiger partial charge is 0.508 e. The van der Waals surface area contributed by atoms with Crippen LogP contribution < -0.4 is 10.6 Å². The number of halogens is 2. The molecule has 5 N–H and O–H groups in total. The Kier molecular flexibility index (Phi) is 8.03. The fourth-order valence-corrected chi connectivity index (χ4v) is 3.74. The molecule has 3 unspecified atom stereocenters. The predicted octanol–water partition coefficient (Wildman–Crippen LogP) is 4.82. The van der Waals surface area contributed by atoms with Crippen molar-refractivity contribution in [2.24, 2.45) is 5.73 Å². The zero-order chi connectivity index (χ0) is 24.9. The number of benzene rings is 3. The van der Waals surface area contributed by atoms with Crippen molar-refractivity contribution in [2.75, 3.05) is 4.90 Å². The van der Waals surface area contributed by atoms with Crippen LogP contribution in [0.3, 0.4) is 0 Å². The Morgan fingerprint density at radius 3 is 2.18 bits per heavy atom. The van der Waals surface area contributed by atoms with Gasteiger partial charge in [0.15, 0.2) is 0 Å². The molecule has 1 fully saturated rings. The monoisotopic (exact) mass is 488 g/mol. The first-order valence-corrected chi connectivity index (χ1v) is 10.9. The summed E-state index contributed by atoms with van der Waals surface area (Å²) >= 11 is 5.10. The van der Waals surface area contributed by atoms with Crippen LogP contribution in [0.2, 0.25) is 0 Å². The van der Waals surface area contributed by atoms with Crippen LogP contribution in [0.5, 0.6) is 11.5 Å². The smallest absolute Gasteiger partial charge is 0.268 e. The van der Waals surface area contributed by atoms with Gasteiger partial charge in [0, 0.05) is 18.2 Å². The number of nitrogens with zero attached hydrogens (tertiary/aromatic N) is 1. The molecule has 3 aromatic rings. The van der Waals surface area contributed by atoms with Crippen molar-refractivity contribution >= 4 is 23.1 Å². The van der Waals surface area contributed by atoms with Crippen molar-refractivity contribution in [3.63, 3.8) is 0 Å². The summed E-state index contributed by atoms with van der Waals surface area (Å²) in [6.07, 6.45) is -2.27. The van der Waals surface area contributed by atoms with Gasteiger partial charge in [-0.05, 0) is 67.5 Å². The molecule has 9 heteroatoms. The summed E-state index contributed by atoms with van der Waals surface area (Å²) in [5, 5.41) is 27.5. The lowest BCUT2D eigenvalue weighted by Crippen LogP contribution is -2.50. The Morgan fingerprint density at radius 1 is 1.06 bits per heavy atom. The molecule has 0 aliphatic carbocycles. The third kappa shape index (κ3) is 6.19. The fourth-order valence-electron chi connectivity index (χ4n) is 3.39. The first-order valence-electron chi connectivity index (χ1n) is 10.5. The minimum atomic E-state index is -1.74. The minimum Gasteiger partial charge on any atom is -0.508 e. The Balaban J connectivity index is 0.000000343. The fraction of sp³-hybridized carbons (Fsp3) is 0.240. The normalized spacial score (nSPS) is 20.3. The van der Waals surface area contributed by atoms with E-state index in [-0.39, 0.29) is 29.5 Å². The maximum atomic E-state index is 15.0. The van der Waals surface area contributed by atoms with Crippen LogP contribution in [-0.4, -0.2) is 32.5 Å². The number of hydrogen-bond acceptors (Lipinski definition) is 6. The van der Waals surface area contributed by atoms with Crippen LogP contribution in [0.1, 0.15) is 30.1 Å². The van der Waals surface area contributed by atoms with Gasteiger partial charge < -0.3 is 20.1 Å². The highest BCUT2D eigenvalue weighted by molar-refractivity contribution is 7.80. The molecule has 1 aliphatic rings. The topological polar surface area (TPSA) is 99.2 Å². The summed E-state index contributed by atoms with van der Waals surface area (Å²) in [7, 11) is 0. The highest BCUT2D eigenvalue weighted by atomic mass is 32.1. The maximum Gasteiger partial charge on any atom is 0.268 e. The third-order valence-electron chi connectivity index (χ3n) is 5.31. The average Bonchev–Trinajstić information content (AvgIpc) is 3.02. The van der Waals surface area contributed by atoms with Crippen molar-refractivity contribution in [3.05, 3.63) is 89.7 Å². The van der Waals surface area contributed by atoms with Crippen LogP contribution in [0.15, 0.2) is 72.8 Å². The van der Waals surface area contributed by atoms with Gasteiger partial charge in [-0.3, -0.25) is 10.6 Å². The summed E-state index contributed by atoms with van der Waals surface area (Å²) in [5.74, 6) is -0.259. The number of hydrogen-bond donors (Lipinski definition) is 4. The molecule has 3 aromatic carbocycles. The molecule has 34 heavy (non-hydrogen) atoms. The Morgan fingerprint density at radius 2 is 1.65 bits per heavy atom. The average molecular weight is 489 g/mol. The predicted molar refractivity (Wildman–Crippen MR) is 130 cm³/mol. The summed E-state index contributed by atoms with van der Waals surface area (Å²) in [6.45, 7) is 1.95. The van der Waals surface area contributed by atoms with E-state index in [1.807, 2.05) is 31.2 Å². The van der Waals surface area contributed by atoms with Crippen molar-refractivity contribution in [1.82, 2.24) is 0 Å². The molecule has 0 aromatic heterocycles. The van der Waals surface area contributed by atoms with Crippen LogP contribution in [0.25, 0.3) is 0 Å². The first kappa shape index (κ1) is 25.4. The van der Waals surface area contributed by atoms with E-state index in [1.54, 1.807) is 6.07 Å². The third-order valence-corrected chi connectivity index (χ3v) is 5.59. The number of alkyl halides is 1. The number of aryl methyl sites for hydroxylation is 1. The quantitative estimate of drug-likeness (QED) is 0.302. The number of anilines is 1. The Hall–Kier alpha value is -3.27. The molecule has 0 bridgehead atoms. The maximum absolute atomic E-state index is 15.0. The summed E-state index contributed by atoms with van der Waals surface area (Å²) < 4.78 is 33.5. The molecule has 4 rings (SSSR count). The second-order valence-electron chi connectivity index (χ2n) is 7.99. The van der Waals surface area contributed by atoms with E-state index in [1.165, 1.54) is 42.5 Å². The van der Waals surface area contributed by atoms with E-state index >= 15 is 0 Å². The van der Waals surface area contributed by atoms with Gasteiger partial charge in [-0.2, -0.15) is 0 Å². The zero-order valence-corrected chi connectivity index (χ0v) is 19.3. The van der Waals surface area contributed by atoms with Crippen molar-refractivity contribution in [3.8, 4) is 11.5 Å². The molecule has 1 saturated heterocycles. The second-order valence-corrected chi connectivity index (χ2v) is 8.34. The van der Waals surface area contributed by atoms with E-state index in [0.717, 1.165) is 16.0 Å². The van der Waals surface area contributed by atoms with Gasteiger partial charge in [0.25, 0.3) is 5.17 Å². The van der Waals surface area contributed by atoms with Gasteiger partial charge in [0.05, 0.1) is 6.10 Å². The molecule has 0 spiro atoms. The lowest BCUT2D eigenvalue weighted by Gasteiger charge is -2.27. The molecule has 3 atom stereocenters. The first-order chi connectivity index (χ1) is 16.1. The number of rotatable bonds is 5. The van der Waals surface area contributed by atoms with E-state index < -0.39 is 23.9 Å². The van der Waals surface area contributed by atoms with Gasteiger partial charge in [-0.25, -0.2) is 8.78 Å². The number of aromatic hydroxyl groups is 2. The molecule has 1 aliphatic heterocycles. The van der Waals surface area contributed by atoms with E-state index in [0.29, 0.717) is 5.69 Å². The Bertz CT molecular complexity index is 1100. The van der Waals surface area contributed by atoms with E-state index in [9.17, 15) is 13.9 Å². The zero-order valence-electron chi connectivity index (χ0n) is 18.4. The van der Waals surface area contributed by atoms with E-state index in [4.69, 9.17) is 32.9 Å². The highest BCUT2D eigenvalue weighted by Gasteiger charge is 2.51. The summed E-state index contributed by atoms with van der Waals surface area (Å²) in [5.41, 5.74) is 6.57. The standard InChI is InChI=1S/C19H20F2N2O2S.C6H6O2/c1-12-2-4-13(5-3-12)16(24)10-11-19(22)17(21)23(18(26)25-19)15-8-6-14(20)7-9-15;7-5-2-1-3-6(8)4-5/h2-9,16-17,24H,10-11,22H2,1H3;1-4,7-8H. The van der Waals surface area contributed by atoms with Gasteiger partial charge in [-0.1, -0.05) is 35.9 Å². The highest BCUT2D eigenvalue weighted by Crippen LogP contribution is 2.36. The van der Waals surface area contributed by atoms with Gasteiger partial charge >= 0.3 is 0 Å². The number of phenolic OH excluding ortho intramolecular Hbond substituents is 2. The SMILES string of the molecule is Cc1ccc(C(O)CCC2(N)OC(=S)N(c3ccc(F)cc3)C2F)cc1.Oc1cccc(O)c1. The lowest BCUT2D eigenvalue weighted by atomic mass is 9.98.